The Balaban J connectivity index is 0.943. The Bertz CT molecular complexity index is 3400. The standard InChI is InChI=1S/C49H30N2O6S2/c52-49-37-29-24-33(31-20-25-34(26-21-31)50-38-11-1-5-16-44(38)58(53,54)45-17-6-2-12-39(45)50)30-43(37)57-42-15-9-10-36(48(42)49)32-22-27-35(28-23-32)51-40-13-3-7-18-46(40)59(55,56)47-19-8-4-14-41(47)51/h1-30H. The second kappa shape index (κ2) is 12.9. The lowest BCUT2D eigenvalue weighted by atomic mass is 9.98. The summed E-state index contributed by atoms with van der Waals surface area (Å²) in [7, 11) is -7.37. The van der Waals surface area contributed by atoms with Gasteiger partial charge in [0.05, 0.1) is 53.1 Å². The van der Waals surface area contributed by atoms with Gasteiger partial charge < -0.3 is 14.2 Å². The Hall–Kier alpha value is -7.27. The summed E-state index contributed by atoms with van der Waals surface area (Å²) in [6.45, 7) is 0. The number of hydrogen-bond donors (Lipinski definition) is 0. The molecule has 2 aliphatic rings. The van der Waals surface area contributed by atoms with Crippen molar-refractivity contribution in [2.75, 3.05) is 9.80 Å². The van der Waals surface area contributed by atoms with Crippen molar-refractivity contribution in [2.24, 2.45) is 0 Å². The van der Waals surface area contributed by atoms with Crippen molar-refractivity contribution in [3.05, 3.63) is 192 Å². The molecule has 0 N–H and O–H groups in total. The highest BCUT2D eigenvalue weighted by molar-refractivity contribution is 7.92. The predicted molar refractivity (Wildman–Crippen MR) is 231 cm³/mol. The molecule has 0 amide bonds. The zero-order chi connectivity index (χ0) is 40.0. The van der Waals surface area contributed by atoms with Gasteiger partial charge in [0.25, 0.3) is 0 Å². The number of hydrogen-bond acceptors (Lipinski definition) is 8. The fourth-order valence-corrected chi connectivity index (χ4v) is 11.7. The molecule has 8 aromatic carbocycles. The van der Waals surface area contributed by atoms with Gasteiger partial charge in [-0.1, -0.05) is 91.0 Å². The second-order valence-corrected chi connectivity index (χ2v) is 18.2. The Morgan fingerprint density at radius 2 is 0.814 bits per heavy atom. The van der Waals surface area contributed by atoms with E-state index < -0.39 is 19.7 Å². The van der Waals surface area contributed by atoms with Crippen LogP contribution in [-0.4, -0.2) is 16.8 Å². The average Bonchev–Trinajstić information content (AvgIpc) is 3.27. The Morgan fingerprint density at radius 1 is 0.390 bits per heavy atom. The summed E-state index contributed by atoms with van der Waals surface area (Å²) in [6, 6.07) is 54.8. The number of benzene rings is 8. The van der Waals surface area contributed by atoms with Gasteiger partial charge in [-0.25, -0.2) is 16.8 Å². The SMILES string of the molecule is O=c1c2ccc(-c3ccc(N4c5ccccc5S(=O)(=O)c5ccccc54)cc3)cc2oc2cccc(-c3ccc(N4c5ccccc5S(=O)(=O)c5ccccc54)cc3)c12. The van der Waals surface area contributed by atoms with E-state index >= 15 is 0 Å². The lowest BCUT2D eigenvalue weighted by molar-refractivity contribution is 0.593. The first kappa shape index (κ1) is 34.9. The third kappa shape index (κ3) is 5.23. The molecule has 59 heavy (non-hydrogen) atoms. The minimum Gasteiger partial charge on any atom is -0.456 e. The van der Waals surface area contributed by atoms with Gasteiger partial charge in [-0.2, -0.15) is 0 Å². The molecule has 0 radical (unpaired) electrons. The zero-order valence-electron chi connectivity index (χ0n) is 31.0. The highest BCUT2D eigenvalue weighted by atomic mass is 32.2. The summed E-state index contributed by atoms with van der Waals surface area (Å²) < 4.78 is 60.5. The van der Waals surface area contributed by atoms with Gasteiger partial charge in [-0.3, -0.25) is 4.79 Å². The van der Waals surface area contributed by atoms with E-state index in [4.69, 9.17) is 4.42 Å². The maximum atomic E-state index is 14.3. The molecule has 9 aromatic rings. The summed E-state index contributed by atoms with van der Waals surface area (Å²) in [5, 5.41) is 0.918. The van der Waals surface area contributed by atoms with Crippen LogP contribution in [0.5, 0.6) is 0 Å². The molecule has 10 heteroatoms. The number of rotatable bonds is 4. The monoisotopic (exact) mass is 806 g/mol. The van der Waals surface area contributed by atoms with E-state index in [9.17, 15) is 21.6 Å². The zero-order valence-corrected chi connectivity index (χ0v) is 32.6. The smallest absolute Gasteiger partial charge is 0.210 e. The van der Waals surface area contributed by atoms with E-state index in [0.29, 0.717) is 44.7 Å². The minimum atomic E-state index is -3.69. The number of anilines is 6. The fourth-order valence-electron chi connectivity index (χ4n) is 8.44. The number of fused-ring (bicyclic) bond motifs is 6. The molecule has 0 unspecified atom stereocenters. The first-order valence-corrected chi connectivity index (χ1v) is 21.8. The number of sulfone groups is 2. The maximum absolute atomic E-state index is 14.3. The summed E-state index contributed by atoms with van der Waals surface area (Å²) in [5.74, 6) is 0. The number of nitrogens with zero attached hydrogens (tertiary/aromatic N) is 2. The minimum absolute atomic E-state index is 0.149. The Labute approximate surface area is 339 Å². The average molecular weight is 807 g/mol. The van der Waals surface area contributed by atoms with Crippen molar-refractivity contribution in [1.29, 1.82) is 0 Å². The molecule has 2 aliphatic heterocycles. The van der Waals surface area contributed by atoms with Crippen molar-refractivity contribution in [1.82, 2.24) is 0 Å². The van der Waals surface area contributed by atoms with Gasteiger partial charge in [-0.05, 0) is 113 Å². The predicted octanol–water partition coefficient (Wildman–Crippen LogP) is 11.5. The van der Waals surface area contributed by atoms with E-state index in [2.05, 4.69) is 0 Å². The van der Waals surface area contributed by atoms with Crippen LogP contribution >= 0.6 is 0 Å². The van der Waals surface area contributed by atoms with Crippen molar-refractivity contribution in [2.45, 2.75) is 19.6 Å². The van der Waals surface area contributed by atoms with Crippen molar-refractivity contribution in [3.63, 3.8) is 0 Å². The molecule has 0 spiro atoms. The van der Waals surface area contributed by atoms with Gasteiger partial charge in [0.15, 0.2) is 0 Å². The van der Waals surface area contributed by atoms with Crippen LogP contribution in [0.15, 0.2) is 211 Å². The lowest BCUT2D eigenvalue weighted by Gasteiger charge is -2.33. The molecular weight excluding hydrogens is 777 g/mol. The molecule has 3 heterocycles. The highest BCUT2D eigenvalue weighted by Gasteiger charge is 2.36. The molecule has 0 aliphatic carbocycles. The second-order valence-electron chi connectivity index (χ2n) is 14.5. The molecule has 1 aromatic heterocycles. The summed E-state index contributed by atoms with van der Waals surface area (Å²) in [5.41, 5.74) is 7.95. The molecule has 0 bridgehead atoms. The molecule has 0 atom stereocenters. The lowest BCUT2D eigenvalue weighted by Crippen LogP contribution is -2.21. The first-order chi connectivity index (χ1) is 28.7. The van der Waals surface area contributed by atoms with Crippen LogP contribution in [0.1, 0.15) is 0 Å². The first-order valence-electron chi connectivity index (χ1n) is 18.9. The number of para-hydroxylation sites is 4. The van der Waals surface area contributed by atoms with Crippen LogP contribution in [0.3, 0.4) is 0 Å². The third-order valence-electron chi connectivity index (χ3n) is 11.2. The van der Waals surface area contributed by atoms with Gasteiger partial charge in [0.2, 0.25) is 25.1 Å². The van der Waals surface area contributed by atoms with Gasteiger partial charge in [-0.15, -0.1) is 0 Å². The van der Waals surface area contributed by atoms with Crippen LogP contribution in [0.25, 0.3) is 44.2 Å². The van der Waals surface area contributed by atoms with Gasteiger partial charge in [0.1, 0.15) is 11.2 Å². The Kier molecular flexibility index (Phi) is 7.62. The summed E-state index contributed by atoms with van der Waals surface area (Å²) >= 11 is 0. The van der Waals surface area contributed by atoms with Crippen molar-refractivity contribution < 1.29 is 21.3 Å². The molecule has 0 saturated carbocycles. The van der Waals surface area contributed by atoms with Crippen LogP contribution in [0.4, 0.5) is 34.1 Å². The maximum Gasteiger partial charge on any atom is 0.210 e. The van der Waals surface area contributed by atoms with Crippen LogP contribution in [-0.2, 0) is 19.7 Å². The molecule has 8 nitrogen and oxygen atoms in total. The van der Waals surface area contributed by atoms with E-state index in [1.807, 2.05) is 131 Å². The quantitative estimate of drug-likeness (QED) is 0.162. The molecule has 0 fully saturated rings. The van der Waals surface area contributed by atoms with E-state index in [0.717, 1.165) is 33.6 Å². The van der Waals surface area contributed by atoms with Crippen LogP contribution in [0, 0.1) is 0 Å². The summed E-state index contributed by atoms with van der Waals surface area (Å²) in [4.78, 5) is 19.2. The Morgan fingerprint density at radius 3 is 1.29 bits per heavy atom. The van der Waals surface area contributed by atoms with Crippen LogP contribution < -0.4 is 15.2 Å². The normalized spacial score (nSPS) is 14.6. The van der Waals surface area contributed by atoms with E-state index in [1.54, 1.807) is 60.7 Å². The molecule has 0 saturated heterocycles. The topological polar surface area (TPSA) is 105 Å². The summed E-state index contributed by atoms with van der Waals surface area (Å²) in [6.07, 6.45) is 0. The molecule has 284 valence electrons. The van der Waals surface area contributed by atoms with E-state index in [1.165, 1.54) is 0 Å². The highest BCUT2D eigenvalue weighted by Crippen LogP contribution is 2.49. The van der Waals surface area contributed by atoms with Crippen molar-refractivity contribution in [3.8, 4) is 22.3 Å². The van der Waals surface area contributed by atoms with Gasteiger partial charge >= 0.3 is 0 Å². The van der Waals surface area contributed by atoms with E-state index in [-0.39, 0.29) is 25.0 Å². The fraction of sp³-hybridized carbons (Fsp3) is 0. The van der Waals surface area contributed by atoms with Crippen molar-refractivity contribution >= 4 is 75.7 Å². The van der Waals surface area contributed by atoms with Crippen LogP contribution in [0.2, 0.25) is 0 Å². The third-order valence-corrected chi connectivity index (χ3v) is 14.9. The molecular formula is C49H30N2O6S2. The van der Waals surface area contributed by atoms with Gasteiger partial charge in [0, 0.05) is 11.4 Å². The molecule has 11 rings (SSSR count). The largest absolute Gasteiger partial charge is 0.456 e.